The molecule has 1 N–H and O–H groups in total. The molecule has 114 valence electrons. The van der Waals surface area contributed by atoms with Gasteiger partial charge in [-0.05, 0) is 50.0 Å². The van der Waals surface area contributed by atoms with Gasteiger partial charge >= 0.3 is 0 Å². The van der Waals surface area contributed by atoms with Gasteiger partial charge in [0, 0.05) is 17.8 Å². The molecule has 1 aromatic rings. The number of nitrogens with one attached hydrogen (secondary N) is 1. The van der Waals surface area contributed by atoms with Crippen molar-refractivity contribution in [3.63, 3.8) is 0 Å². The second-order valence-corrected chi connectivity index (χ2v) is 7.62. The highest BCUT2D eigenvalue weighted by atomic mass is 32.2. The van der Waals surface area contributed by atoms with Crippen molar-refractivity contribution < 1.29 is 0 Å². The van der Waals surface area contributed by atoms with Gasteiger partial charge in [0.1, 0.15) is 0 Å². The van der Waals surface area contributed by atoms with E-state index < -0.39 is 0 Å². The Morgan fingerprint density at radius 1 is 1.24 bits per heavy atom. The highest BCUT2D eigenvalue weighted by Gasteiger charge is 2.39. The lowest BCUT2D eigenvalue weighted by molar-refractivity contribution is 0.251. The number of hydrogen-bond acceptors (Lipinski definition) is 2. The first-order valence-corrected chi connectivity index (χ1v) is 9.24. The molecule has 1 saturated heterocycles. The Kier molecular flexibility index (Phi) is 4.89. The largest absolute Gasteiger partial charge is 0.359 e. The van der Waals surface area contributed by atoms with Crippen LogP contribution in [0.2, 0.25) is 0 Å². The second-order valence-electron chi connectivity index (χ2n) is 6.65. The van der Waals surface area contributed by atoms with Crippen LogP contribution in [0.1, 0.15) is 44.6 Å². The van der Waals surface area contributed by atoms with Crippen LogP contribution in [0.5, 0.6) is 0 Å². The third-order valence-electron chi connectivity index (χ3n) is 4.81. The van der Waals surface area contributed by atoms with Crippen molar-refractivity contribution in [3.8, 4) is 0 Å². The summed E-state index contributed by atoms with van der Waals surface area (Å²) in [6, 6.07) is 10.7. The fraction of sp³-hybridized carbons (Fsp3) is 0.611. The van der Waals surface area contributed by atoms with Crippen LogP contribution in [0.3, 0.4) is 0 Å². The van der Waals surface area contributed by atoms with Crippen LogP contribution in [0.25, 0.3) is 0 Å². The smallest absolute Gasteiger partial charge is 0.157 e. The Hall–Kier alpha value is -0.960. The van der Waals surface area contributed by atoms with Crippen LogP contribution in [-0.2, 0) is 6.42 Å². The molecule has 0 radical (unpaired) electrons. The van der Waals surface area contributed by atoms with Gasteiger partial charge in [-0.25, -0.2) is 0 Å². The van der Waals surface area contributed by atoms with Gasteiger partial charge < -0.3 is 5.32 Å². The molecule has 0 bridgehead atoms. The van der Waals surface area contributed by atoms with Gasteiger partial charge in [0.25, 0.3) is 0 Å². The zero-order valence-electron chi connectivity index (χ0n) is 13.0. The molecule has 1 saturated carbocycles. The average molecular weight is 302 g/mol. The van der Waals surface area contributed by atoms with Gasteiger partial charge in [-0.15, -0.1) is 0 Å². The van der Waals surface area contributed by atoms with E-state index in [0.717, 1.165) is 25.3 Å². The third-order valence-corrected chi connectivity index (χ3v) is 6.01. The van der Waals surface area contributed by atoms with Crippen LogP contribution in [0, 0.1) is 5.92 Å². The van der Waals surface area contributed by atoms with Gasteiger partial charge in [0.05, 0.1) is 0 Å². The topological polar surface area (TPSA) is 24.4 Å². The Bertz CT molecular complexity index is 475. The van der Waals surface area contributed by atoms with E-state index in [9.17, 15) is 0 Å². The summed E-state index contributed by atoms with van der Waals surface area (Å²) in [4.78, 5) is 4.78. The SMILES string of the molecule is CC1CCC2(CC1)CSC(=NCCCc1ccccc1)N2. The van der Waals surface area contributed by atoms with Gasteiger partial charge in [0.15, 0.2) is 5.17 Å². The summed E-state index contributed by atoms with van der Waals surface area (Å²) in [5.74, 6) is 2.13. The monoisotopic (exact) mass is 302 g/mol. The molecule has 1 aliphatic carbocycles. The molecule has 1 heterocycles. The Balaban J connectivity index is 1.43. The summed E-state index contributed by atoms with van der Waals surface area (Å²) in [5.41, 5.74) is 1.79. The van der Waals surface area contributed by atoms with E-state index in [1.54, 1.807) is 0 Å². The second kappa shape index (κ2) is 6.87. The van der Waals surface area contributed by atoms with E-state index in [0.29, 0.717) is 5.54 Å². The van der Waals surface area contributed by atoms with E-state index in [-0.39, 0.29) is 0 Å². The number of amidine groups is 1. The molecule has 2 fully saturated rings. The van der Waals surface area contributed by atoms with Crippen LogP contribution in [0.4, 0.5) is 0 Å². The van der Waals surface area contributed by atoms with Crippen molar-refractivity contribution in [2.45, 2.75) is 51.0 Å². The van der Waals surface area contributed by atoms with Gasteiger partial charge in [0.2, 0.25) is 0 Å². The number of rotatable bonds is 4. The summed E-state index contributed by atoms with van der Waals surface area (Å²) < 4.78 is 0. The van der Waals surface area contributed by atoms with Crippen molar-refractivity contribution in [3.05, 3.63) is 35.9 Å². The van der Waals surface area contributed by atoms with Crippen molar-refractivity contribution in [1.29, 1.82) is 0 Å². The molecule has 21 heavy (non-hydrogen) atoms. The summed E-state index contributed by atoms with van der Waals surface area (Å²) in [7, 11) is 0. The minimum absolute atomic E-state index is 0.370. The predicted octanol–water partition coefficient (Wildman–Crippen LogP) is 4.26. The quantitative estimate of drug-likeness (QED) is 0.840. The lowest BCUT2D eigenvalue weighted by Gasteiger charge is -2.35. The molecule has 2 nitrogen and oxygen atoms in total. The summed E-state index contributed by atoms with van der Waals surface area (Å²) in [6.07, 6.45) is 7.66. The van der Waals surface area contributed by atoms with E-state index in [4.69, 9.17) is 4.99 Å². The fourth-order valence-corrected chi connectivity index (χ4v) is 4.53. The number of nitrogens with zero attached hydrogens (tertiary/aromatic N) is 1. The molecular formula is C18H26N2S. The zero-order chi connectivity index (χ0) is 14.5. The molecule has 1 aliphatic heterocycles. The zero-order valence-corrected chi connectivity index (χ0v) is 13.8. The Labute approximate surface area is 132 Å². The van der Waals surface area contributed by atoms with Crippen LogP contribution >= 0.6 is 11.8 Å². The van der Waals surface area contributed by atoms with Crippen molar-refractivity contribution in [2.75, 3.05) is 12.3 Å². The molecule has 0 atom stereocenters. The molecule has 0 aromatic heterocycles. The molecule has 3 heteroatoms. The predicted molar refractivity (Wildman–Crippen MR) is 93.0 cm³/mol. The van der Waals surface area contributed by atoms with Crippen molar-refractivity contribution >= 4 is 16.9 Å². The van der Waals surface area contributed by atoms with E-state index in [1.807, 2.05) is 11.8 Å². The van der Waals surface area contributed by atoms with E-state index >= 15 is 0 Å². The van der Waals surface area contributed by atoms with Crippen LogP contribution in [-0.4, -0.2) is 23.0 Å². The molecule has 1 spiro atoms. The summed E-state index contributed by atoms with van der Waals surface area (Å²) in [6.45, 7) is 3.32. The Morgan fingerprint density at radius 2 is 2.00 bits per heavy atom. The van der Waals surface area contributed by atoms with Gasteiger partial charge in [-0.1, -0.05) is 49.0 Å². The lowest BCUT2D eigenvalue weighted by Crippen LogP contribution is -2.46. The number of hydrogen-bond donors (Lipinski definition) is 1. The van der Waals surface area contributed by atoms with Crippen LogP contribution < -0.4 is 5.32 Å². The average Bonchev–Trinajstić information content (AvgIpc) is 2.91. The molecule has 1 aromatic carbocycles. The van der Waals surface area contributed by atoms with Gasteiger partial charge in [-0.3, -0.25) is 4.99 Å². The third kappa shape index (κ3) is 4.03. The number of benzene rings is 1. The minimum atomic E-state index is 0.370. The number of thioether (sulfide) groups is 1. The van der Waals surface area contributed by atoms with Crippen LogP contribution in [0.15, 0.2) is 35.3 Å². The highest BCUT2D eigenvalue weighted by molar-refractivity contribution is 8.14. The fourth-order valence-electron chi connectivity index (χ4n) is 3.28. The maximum Gasteiger partial charge on any atom is 0.157 e. The molecule has 0 amide bonds. The maximum absolute atomic E-state index is 4.78. The number of aryl methyl sites for hydroxylation is 1. The summed E-state index contributed by atoms with van der Waals surface area (Å²) in [5, 5.41) is 4.93. The van der Waals surface area contributed by atoms with Crippen molar-refractivity contribution in [1.82, 2.24) is 5.32 Å². The molecular weight excluding hydrogens is 276 g/mol. The minimum Gasteiger partial charge on any atom is -0.359 e. The standard InChI is InChI=1S/C18H26N2S/c1-15-9-11-18(12-10-15)14-21-17(20-18)19-13-5-8-16-6-3-2-4-7-16/h2-4,6-7,15H,5,8-14H2,1H3,(H,19,20). The molecule has 0 unspecified atom stereocenters. The van der Waals surface area contributed by atoms with E-state index in [2.05, 4.69) is 42.6 Å². The van der Waals surface area contributed by atoms with Crippen molar-refractivity contribution in [2.24, 2.45) is 10.9 Å². The van der Waals surface area contributed by atoms with Gasteiger partial charge in [-0.2, -0.15) is 0 Å². The first-order valence-electron chi connectivity index (χ1n) is 8.25. The normalized spacial score (nSPS) is 30.7. The number of aliphatic imine (C=N–C) groups is 1. The highest BCUT2D eigenvalue weighted by Crippen LogP contribution is 2.38. The Morgan fingerprint density at radius 3 is 2.76 bits per heavy atom. The summed E-state index contributed by atoms with van der Waals surface area (Å²) >= 11 is 1.93. The molecule has 2 aliphatic rings. The first-order chi connectivity index (χ1) is 10.3. The van der Waals surface area contributed by atoms with E-state index in [1.165, 1.54) is 42.2 Å². The molecule has 3 rings (SSSR count). The lowest BCUT2D eigenvalue weighted by atomic mass is 9.78. The maximum atomic E-state index is 4.78. The first kappa shape index (κ1) is 15.0.